The first kappa shape index (κ1) is 13.1. The first-order chi connectivity index (χ1) is 5.56. The van der Waals surface area contributed by atoms with Crippen LogP contribution in [0, 0.1) is 0 Å². The molecular weight excluding hydrogens is 210 g/mol. The molecule has 4 nitrogen and oxygen atoms in total. The number of rotatable bonds is 3. The van der Waals surface area contributed by atoms with Crippen LogP contribution < -0.4 is 11.1 Å². The van der Waals surface area contributed by atoms with Crippen molar-refractivity contribution in [2.75, 3.05) is 27.2 Å². The fraction of sp³-hybridized carbons (Fsp3) is 0.714. The van der Waals surface area contributed by atoms with E-state index in [2.05, 4.69) is 5.32 Å². The zero-order valence-electron chi connectivity index (χ0n) is 7.78. The SMILES string of the molecule is CN(C)CC1(N)NC(CO)=CS1.Cl. The van der Waals surface area contributed by atoms with Crippen molar-refractivity contribution in [2.45, 2.75) is 4.99 Å². The molecule has 0 aromatic heterocycles. The maximum atomic E-state index is 8.82. The monoisotopic (exact) mass is 225 g/mol. The molecule has 0 aromatic carbocycles. The summed E-state index contributed by atoms with van der Waals surface area (Å²) in [6.45, 7) is 0.761. The van der Waals surface area contributed by atoms with Crippen LogP contribution in [0.2, 0.25) is 0 Å². The molecule has 0 aromatic rings. The van der Waals surface area contributed by atoms with Crippen LogP contribution >= 0.6 is 24.2 Å². The van der Waals surface area contributed by atoms with E-state index in [0.29, 0.717) is 0 Å². The molecule has 0 saturated heterocycles. The maximum absolute atomic E-state index is 8.82. The molecule has 1 unspecified atom stereocenters. The van der Waals surface area contributed by atoms with Crippen molar-refractivity contribution < 1.29 is 5.11 Å². The summed E-state index contributed by atoms with van der Waals surface area (Å²) in [4.78, 5) is 1.54. The van der Waals surface area contributed by atoms with Crippen LogP contribution in [0.4, 0.5) is 0 Å². The van der Waals surface area contributed by atoms with Gasteiger partial charge in [-0.1, -0.05) is 11.8 Å². The van der Waals surface area contributed by atoms with Gasteiger partial charge in [0.2, 0.25) is 0 Å². The largest absolute Gasteiger partial charge is 0.390 e. The Bertz CT molecular complexity index is 200. The van der Waals surface area contributed by atoms with Gasteiger partial charge >= 0.3 is 0 Å². The minimum atomic E-state index is -0.471. The van der Waals surface area contributed by atoms with Crippen molar-refractivity contribution in [1.29, 1.82) is 0 Å². The lowest BCUT2D eigenvalue weighted by molar-refractivity contribution is 0.296. The van der Waals surface area contributed by atoms with E-state index in [9.17, 15) is 0 Å². The zero-order valence-corrected chi connectivity index (χ0v) is 9.41. The van der Waals surface area contributed by atoms with Gasteiger partial charge in [-0.2, -0.15) is 0 Å². The lowest BCUT2D eigenvalue weighted by Gasteiger charge is -2.28. The number of hydrogen-bond acceptors (Lipinski definition) is 5. The third kappa shape index (κ3) is 3.74. The van der Waals surface area contributed by atoms with Gasteiger partial charge in [0.15, 0.2) is 4.99 Å². The van der Waals surface area contributed by atoms with Crippen molar-refractivity contribution >= 4 is 24.2 Å². The number of halogens is 1. The fourth-order valence-corrected chi connectivity index (χ4v) is 2.14. The van der Waals surface area contributed by atoms with Gasteiger partial charge in [0.1, 0.15) is 0 Å². The highest BCUT2D eigenvalue weighted by Gasteiger charge is 2.30. The van der Waals surface area contributed by atoms with E-state index in [-0.39, 0.29) is 19.0 Å². The molecule has 1 aliphatic rings. The number of nitrogens with zero attached hydrogens (tertiary/aromatic N) is 1. The smallest absolute Gasteiger partial charge is 0.151 e. The highest BCUT2D eigenvalue weighted by atomic mass is 35.5. The number of aliphatic hydroxyl groups excluding tert-OH is 1. The molecule has 1 rings (SSSR count). The predicted octanol–water partition coefficient (Wildman–Crippen LogP) is -0.248. The Morgan fingerprint density at radius 2 is 2.31 bits per heavy atom. The molecule has 13 heavy (non-hydrogen) atoms. The number of nitrogens with two attached hydrogens (primary N) is 1. The van der Waals surface area contributed by atoms with Crippen molar-refractivity contribution in [1.82, 2.24) is 10.2 Å². The number of nitrogens with one attached hydrogen (secondary N) is 1. The Labute approximate surface area is 89.0 Å². The Balaban J connectivity index is 0.00000144. The van der Waals surface area contributed by atoms with Gasteiger partial charge in [0.25, 0.3) is 0 Å². The number of aliphatic hydroxyl groups is 1. The summed E-state index contributed by atoms with van der Waals surface area (Å²) in [6, 6.07) is 0. The number of hydrogen-bond donors (Lipinski definition) is 3. The Hall–Kier alpha value is 0.0600. The molecule has 4 N–H and O–H groups in total. The average Bonchev–Trinajstić information content (AvgIpc) is 2.30. The second kappa shape index (κ2) is 5.07. The maximum Gasteiger partial charge on any atom is 0.151 e. The van der Waals surface area contributed by atoms with E-state index >= 15 is 0 Å². The third-order valence-corrected chi connectivity index (χ3v) is 2.56. The van der Waals surface area contributed by atoms with E-state index in [1.165, 1.54) is 11.8 Å². The molecule has 0 bridgehead atoms. The summed E-state index contributed by atoms with van der Waals surface area (Å²) in [5.74, 6) is 0. The second-order valence-electron chi connectivity index (χ2n) is 3.17. The van der Waals surface area contributed by atoms with Crippen LogP contribution in [-0.4, -0.2) is 42.2 Å². The van der Waals surface area contributed by atoms with Crippen molar-refractivity contribution in [2.24, 2.45) is 5.73 Å². The average molecular weight is 226 g/mol. The van der Waals surface area contributed by atoms with Gasteiger partial charge in [0.05, 0.1) is 6.61 Å². The topological polar surface area (TPSA) is 61.5 Å². The van der Waals surface area contributed by atoms with Gasteiger partial charge in [-0.3, -0.25) is 5.73 Å². The van der Waals surface area contributed by atoms with E-state index < -0.39 is 4.99 Å². The number of likely N-dealkylation sites (N-methyl/N-ethyl adjacent to an activating group) is 1. The molecule has 0 amide bonds. The Morgan fingerprint density at radius 3 is 2.69 bits per heavy atom. The summed E-state index contributed by atoms with van der Waals surface area (Å²) < 4.78 is 0. The minimum Gasteiger partial charge on any atom is -0.390 e. The molecule has 6 heteroatoms. The predicted molar refractivity (Wildman–Crippen MR) is 58.6 cm³/mol. The molecule has 0 saturated carbocycles. The number of thioether (sulfide) groups is 1. The molecule has 1 atom stereocenters. The van der Waals surface area contributed by atoms with E-state index in [1.807, 2.05) is 24.4 Å². The van der Waals surface area contributed by atoms with Crippen molar-refractivity contribution in [3.05, 3.63) is 11.1 Å². The van der Waals surface area contributed by atoms with Gasteiger partial charge in [-0.25, -0.2) is 0 Å². The standard InChI is InChI=1S/C7H15N3OS.ClH/c1-10(2)5-7(8)9-6(3-11)4-12-7;/h4,9,11H,3,5,8H2,1-2H3;1H. The van der Waals surface area contributed by atoms with Crippen LogP contribution in [0.15, 0.2) is 11.1 Å². The second-order valence-corrected chi connectivity index (χ2v) is 4.37. The molecule has 1 heterocycles. The molecule has 0 spiro atoms. The summed E-state index contributed by atoms with van der Waals surface area (Å²) in [5.41, 5.74) is 6.77. The summed E-state index contributed by atoms with van der Waals surface area (Å²) in [7, 11) is 3.93. The van der Waals surface area contributed by atoms with Gasteiger partial charge in [-0.15, -0.1) is 12.4 Å². The summed E-state index contributed by atoms with van der Waals surface area (Å²) in [6.07, 6.45) is 0. The highest BCUT2D eigenvalue weighted by Crippen LogP contribution is 2.27. The van der Waals surface area contributed by atoms with Gasteiger partial charge in [0, 0.05) is 12.2 Å². The lowest BCUT2D eigenvalue weighted by Crippen LogP contribution is -2.54. The van der Waals surface area contributed by atoms with Crippen molar-refractivity contribution in [3.63, 3.8) is 0 Å². The quantitative estimate of drug-likeness (QED) is 0.619. The molecule has 0 radical (unpaired) electrons. The first-order valence-electron chi connectivity index (χ1n) is 3.75. The summed E-state index contributed by atoms with van der Waals surface area (Å²) >= 11 is 1.51. The third-order valence-electron chi connectivity index (χ3n) is 1.51. The van der Waals surface area contributed by atoms with Gasteiger partial charge < -0.3 is 15.3 Å². The first-order valence-corrected chi connectivity index (χ1v) is 4.63. The molecule has 0 fully saturated rings. The van der Waals surface area contributed by atoms with E-state index in [1.54, 1.807) is 0 Å². The molecule has 78 valence electrons. The normalized spacial score (nSPS) is 26.7. The van der Waals surface area contributed by atoms with Gasteiger partial charge in [-0.05, 0) is 19.5 Å². The Kier molecular flexibility index (Phi) is 5.09. The molecular formula is C7H16ClN3OS. The highest BCUT2D eigenvalue weighted by molar-refractivity contribution is 8.03. The van der Waals surface area contributed by atoms with Crippen LogP contribution in [0.5, 0.6) is 0 Å². The van der Waals surface area contributed by atoms with Crippen LogP contribution in [0.25, 0.3) is 0 Å². The van der Waals surface area contributed by atoms with Crippen LogP contribution in [0.1, 0.15) is 0 Å². The fourth-order valence-electron chi connectivity index (χ4n) is 1.13. The lowest BCUT2D eigenvalue weighted by atomic mass is 10.4. The molecule has 0 aliphatic carbocycles. The summed E-state index contributed by atoms with van der Waals surface area (Å²) in [5, 5.41) is 13.7. The van der Waals surface area contributed by atoms with Crippen LogP contribution in [-0.2, 0) is 0 Å². The van der Waals surface area contributed by atoms with E-state index in [0.717, 1.165) is 12.2 Å². The zero-order chi connectivity index (χ0) is 9.19. The Morgan fingerprint density at radius 1 is 1.69 bits per heavy atom. The molecule has 1 aliphatic heterocycles. The van der Waals surface area contributed by atoms with Crippen LogP contribution in [0.3, 0.4) is 0 Å². The van der Waals surface area contributed by atoms with Crippen molar-refractivity contribution in [3.8, 4) is 0 Å². The minimum absolute atomic E-state index is 0. The van der Waals surface area contributed by atoms with E-state index in [4.69, 9.17) is 10.8 Å².